The number of aromatic carboxylic acids is 1. The van der Waals surface area contributed by atoms with Gasteiger partial charge >= 0.3 is 11.9 Å². The van der Waals surface area contributed by atoms with Crippen molar-refractivity contribution in [1.29, 1.82) is 0 Å². The highest BCUT2D eigenvalue weighted by Gasteiger charge is 2.12. The fourth-order valence-electron chi connectivity index (χ4n) is 1.08. The Hall–Kier alpha value is -1.98. The molecule has 0 saturated heterocycles. The molecule has 1 aromatic rings. The van der Waals surface area contributed by atoms with E-state index >= 15 is 0 Å². The Morgan fingerprint density at radius 1 is 1.33 bits per heavy atom. The van der Waals surface area contributed by atoms with Crippen LogP contribution in [0.25, 0.3) is 0 Å². The maximum Gasteiger partial charge on any atom is 0.341 e. The molecule has 0 heterocycles. The molecule has 0 saturated carbocycles. The lowest BCUT2D eigenvalue weighted by molar-refractivity contribution is -0.139. The zero-order valence-corrected chi connectivity index (χ0v) is 8.06. The van der Waals surface area contributed by atoms with Gasteiger partial charge in [-0.25, -0.2) is 9.59 Å². The second-order valence-electron chi connectivity index (χ2n) is 2.99. The Kier molecular flexibility index (Phi) is 3.33. The number of carboxylic acids is 2. The van der Waals surface area contributed by atoms with E-state index in [1.807, 2.05) is 0 Å². The third-order valence-corrected chi connectivity index (χ3v) is 1.72. The average Bonchev–Trinajstić information content (AvgIpc) is 2.15. The van der Waals surface area contributed by atoms with Gasteiger partial charge in [-0.15, -0.1) is 0 Å². The summed E-state index contributed by atoms with van der Waals surface area (Å²) in [5, 5.41) is 17.2. The zero-order chi connectivity index (χ0) is 11.4. The monoisotopic (exact) mass is 208 g/mol. The third kappa shape index (κ3) is 3.01. The molecule has 0 fully saturated rings. The van der Waals surface area contributed by atoms with Gasteiger partial charge in [-0.3, -0.25) is 0 Å². The molecule has 0 aliphatic carbocycles. The molecule has 0 amide bonds. The summed E-state index contributed by atoms with van der Waals surface area (Å²) in [6, 6.07) is 4.53. The topological polar surface area (TPSA) is 83.8 Å². The fourth-order valence-corrected chi connectivity index (χ4v) is 1.08. The van der Waals surface area contributed by atoms with Crippen molar-refractivity contribution in [1.82, 2.24) is 0 Å². The molecule has 1 aromatic carbocycles. The quantitative estimate of drug-likeness (QED) is 0.626. The van der Waals surface area contributed by atoms with Crippen LogP contribution in [0.1, 0.15) is 10.4 Å². The van der Waals surface area contributed by atoms with Gasteiger partial charge in [0, 0.05) is 0 Å². The van der Waals surface area contributed by atoms with Crippen LogP contribution in [0, 0.1) is 0 Å². The smallest absolute Gasteiger partial charge is 0.341 e. The van der Waals surface area contributed by atoms with E-state index in [9.17, 15) is 9.59 Å². The van der Waals surface area contributed by atoms with Crippen molar-refractivity contribution in [2.45, 2.75) is 0 Å². The van der Waals surface area contributed by atoms with Crippen LogP contribution in [0.2, 0.25) is 0 Å². The van der Waals surface area contributed by atoms with Crippen LogP contribution in [0.15, 0.2) is 18.2 Å². The first kappa shape index (κ1) is 11.1. The van der Waals surface area contributed by atoms with E-state index in [4.69, 9.17) is 14.9 Å². The molecule has 6 heteroatoms. The SMILES string of the molecule is Bc1ccc(OCC(=O)O)c(C(=O)O)c1. The first-order valence-corrected chi connectivity index (χ1v) is 4.19. The molecule has 0 radical (unpaired) electrons. The van der Waals surface area contributed by atoms with Crippen molar-refractivity contribution in [3.05, 3.63) is 23.8 Å². The van der Waals surface area contributed by atoms with E-state index in [0.29, 0.717) is 0 Å². The predicted octanol–water partition coefficient (Wildman–Crippen LogP) is -0.893. The number of carbonyl (C=O) groups is 2. The van der Waals surface area contributed by atoms with Crippen molar-refractivity contribution < 1.29 is 24.5 Å². The molecule has 0 atom stereocenters. The van der Waals surface area contributed by atoms with E-state index in [-0.39, 0.29) is 11.3 Å². The maximum absolute atomic E-state index is 10.8. The summed E-state index contributed by atoms with van der Waals surface area (Å²) in [7, 11) is 1.74. The Bertz CT molecular complexity index is 401. The minimum absolute atomic E-state index is 0.0312. The molecule has 0 unspecified atom stereocenters. The van der Waals surface area contributed by atoms with Crippen molar-refractivity contribution >= 4 is 25.2 Å². The maximum atomic E-state index is 10.8. The second-order valence-corrected chi connectivity index (χ2v) is 2.99. The van der Waals surface area contributed by atoms with Crippen molar-refractivity contribution in [3.63, 3.8) is 0 Å². The molecule has 2 N–H and O–H groups in total. The van der Waals surface area contributed by atoms with Crippen LogP contribution < -0.4 is 10.2 Å². The molecule has 0 aromatic heterocycles. The molecular formula is C9H9BO5. The molecule has 0 aliphatic heterocycles. The van der Waals surface area contributed by atoms with Gasteiger partial charge < -0.3 is 14.9 Å². The summed E-state index contributed by atoms with van der Waals surface area (Å²) in [6.45, 7) is -0.552. The molecule has 0 aliphatic rings. The summed E-state index contributed by atoms with van der Waals surface area (Å²) in [4.78, 5) is 21.0. The Morgan fingerprint density at radius 2 is 2.00 bits per heavy atom. The van der Waals surface area contributed by atoms with Gasteiger partial charge in [0.2, 0.25) is 0 Å². The number of hydrogen-bond donors (Lipinski definition) is 2. The van der Waals surface area contributed by atoms with Gasteiger partial charge in [-0.2, -0.15) is 0 Å². The second kappa shape index (κ2) is 4.50. The minimum Gasteiger partial charge on any atom is -0.481 e. The third-order valence-electron chi connectivity index (χ3n) is 1.72. The fraction of sp³-hybridized carbons (Fsp3) is 0.111. The van der Waals surface area contributed by atoms with Crippen LogP contribution >= 0.6 is 0 Å². The predicted molar refractivity (Wildman–Crippen MR) is 54.7 cm³/mol. The highest BCUT2D eigenvalue weighted by Crippen LogP contribution is 2.16. The molecule has 0 bridgehead atoms. The van der Waals surface area contributed by atoms with Gasteiger partial charge in [0.15, 0.2) is 6.61 Å². The molecule has 1 rings (SSSR count). The Balaban J connectivity index is 2.95. The molecule has 5 nitrogen and oxygen atoms in total. The van der Waals surface area contributed by atoms with E-state index in [1.54, 1.807) is 13.9 Å². The van der Waals surface area contributed by atoms with Crippen LogP contribution in [0.5, 0.6) is 5.75 Å². The number of rotatable bonds is 4. The summed E-state index contributed by atoms with van der Waals surface area (Å²) < 4.78 is 4.83. The summed E-state index contributed by atoms with van der Waals surface area (Å²) in [6.07, 6.45) is 0. The number of benzene rings is 1. The van der Waals surface area contributed by atoms with E-state index < -0.39 is 18.5 Å². The largest absolute Gasteiger partial charge is 0.481 e. The van der Waals surface area contributed by atoms with Crippen LogP contribution in [0.3, 0.4) is 0 Å². The summed E-state index contributed by atoms with van der Waals surface area (Å²) >= 11 is 0. The number of ether oxygens (including phenoxy) is 1. The zero-order valence-electron chi connectivity index (χ0n) is 8.06. The van der Waals surface area contributed by atoms with Crippen molar-refractivity contribution in [3.8, 4) is 5.75 Å². The number of hydrogen-bond acceptors (Lipinski definition) is 3. The van der Waals surface area contributed by atoms with E-state index in [2.05, 4.69) is 0 Å². The number of carboxylic acid groups (broad SMARTS) is 2. The average molecular weight is 208 g/mol. The van der Waals surface area contributed by atoms with Gasteiger partial charge in [-0.05, 0) is 6.07 Å². The van der Waals surface area contributed by atoms with Crippen molar-refractivity contribution in [2.24, 2.45) is 0 Å². The van der Waals surface area contributed by atoms with E-state index in [0.717, 1.165) is 5.46 Å². The van der Waals surface area contributed by atoms with Gasteiger partial charge in [0.25, 0.3) is 0 Å². The lowest BCUT2D eigenvalue weighted by Crippen LogP contribution is -2.14. The standard InChI is InChI=1S/C9H9BO5/c10-5-1-2-7(15-4-8(11)12)6(3-5)9(13)14/h1-3H,4,10H2,(H,11,12)(H,13,14). The first-order valence-electron chi connectivity index (χ1n) is 4.19. The normalized spacial score (nSPS) is 9.60. The molecule has 78 valence electrons. The highest BCUT2D eigenvalue weighted by molar-refractivity contribution is 6.32. The van der Waals surface area contributed by atoms with Crippen LogP contribution in [-0.2, 0) is 4.79 Å². The van der Waals surface area contributed by atoms with Crippen molar-refractivity contribution in [2.75, 3.05) is 6.61 Å². The van der Waals surface area contributed by atoms with Gasteiger partial charge in [-0.1, -0.05) is 17.6 Å². The Morgan fingerprint density at radius 3 is 2.53 bits per heavy atom. The number of aliphatic carboxylic acids is 1. The van der Waals surface area contributed by atoms with Crippen LogP contribution in [0.4, 0.5) is 0 Å². The van der Waals surface area contributed by atoms with Crippen LogP contribution in [-0.4, -0.2) is 36.6 Å². The highest BCUT2D eigenvalue weighted by atomic mass is 16.5. The minimum atomic E-state index is -1.15. The lowest BCUT2D eigenvalue weighted by Gasteiger charge is -2.07. The first-order chi connectivity index (χ1) is 7.00. The lowest BCUT2D eigenvalue weighted by atomic mass is 9.94. The molecular weight excluding hydrogens is 199 g/mol. The van der Waals surface area contributed by atoms with Gasteiger partial charge in [0.1, 0.15) is 19.2 Å². The summed E-state index contributed by atoms with van der Waals surface area (Å²) in [5.41, 5.74) is 0.742. The molecule has 0 spiro atoms. The Labute approximate surface area is 86.7 Å². The van der Waals surface area contributed by atoms with E-state index in [1.165, 1.54) is 12.1 Å². The summed E-state index contributed by atoms with van der Waals surface area (Å²) in [5.74, 6) is -2.22. The molecule has 15 heavy (non-hydrogen) atoms. The van der Waals surface area contributed by atoms with Gasteiger partial charge in [0.05, 0.1) is 0 Å².